The Kier molecular flexibility index (Phi) is 6.78. The van der Waals surface area contributed by atoms with Crippen molar-refractivity contribution in [1.29, 1.82) is 0 Å². The molecule has 1 saturated heterocycles. The lowest BCUT2D eigenvalue weighted by Gasteiger charge is -2.36. The van der Waals surface area contributed by atoms with E-state index >= 15 is 0 Å². The molecule has 0 atom stereocenters. The van der Waals surface area contributed by atoms with Crippen LogP contribution in [0.4, 0.5) is 16.2 Å². The first-order valence-electron chi connectivity index (χ1n) is 13.1. The predicted molar refractivity (Wildman–Crippen MR) is 150 cm³/mol. The lowest BCUT2D eigenvalue weighted by molar-refractivity contribution is 0.00695. The number of carbonyl (C=O) groups excluding carboxylic acids is 2. The van der Waals surface area contributed by atoms with Crippen molar-refractivity contribution in [2.45, 2.75) is 39.2 Å². The molecule has 3 aromatic rings. The summed E-state index contributed by atoms with van der Waals surface area (Å²) in [6.07, 6.45) is -0.301. The van der Waals surface area contributed by atoms with E-state index in [2.05, 4.69) is 29.2 Å². The third-order valence-corrected chi connectivity index (χ3v) is 7.27. The van der Waals surface area contributed by atoms with Gasteiger partial charge in [-0.15, -0.1) is 0 Å². The normalized spacial score (nSPS) is 15.2. The van der Waals surface area contributed by atoms with Crippen molar-refractivity contribution in [3.63, 3.8) is 0 Å². The molecule has 1 amide bonds. The fourth-order valence-electron chi connectivity index (χ4n) is 5.32. The number of anilines is 2. The molecule has 3 aromatic carbocycles. The molecule has 38 heavy (non-hydrogen) atoms. The summed E-state index contributed by atoms with van der Waals surface area (Å²) in [5, 5.41) is 0. The van der Waals surface area contributed by atoms with Gasteiger partial charge in [0.25, 0.3) is 0 Å². The minimum Gasteiger partial charge on any atom is -0.456 e. The number of hydrogen-bond acceptors (Lipinski definition) is 6. The van der Waals surface area contributed by atoms with Gasteiger partial charge in [0.05, 0.1) is 5.56 Å². The molecule has 0 aromatic heterocycles. The molecule has 0 spiro atoms. The Balaban J connectivity index is 1.23. The van der Waals surface area contributed by atoms with Gasteiger partial charge in [-0.1, -0.05) is 48.5 Å². The topological polar surface area (TPSA) is 85.1 Å². The molecule has 1 aliphatic carbocycles. The van der Waals surface area contributed by atoms with Crippen LogP contribution in [-0.2, 0) is 9.47 Å². The van der Waals surface area contributed by atoms with Crippen molar-refractivity contribution < 1.29 is 19.1 Å². The molecule has 1 heterocycles. The molecule has 0 unspecified atom stereocenters. The molecular weight excluding hydrogens is 478 g/mol. The van der Waals surface area contributed by atoms with Crippen LogP contribution in [0, 0.1) is 6.92 Å². The summed E-state index contributed by atoms with van der Waals surface area (Å²) in [5.74, 6) is -0.364. The fraction of sp³-hybridized carbons (Fsp3) is 0.355. The summed E-state index contributed by atoms with van der Waals surface area (Å²) in [7, 11) is 0. The second-order valence-electron chi connectivity index (χ2n) is 11.0. The monoisotopic (exact) mass is 513 g/mol. The highest BCUT2D eigenvalue weighted by Crippen LogP contribution is 2.44. The van der Waals surface area contributed by atoms with Crippen molar-refractivity contribution in [3.8, 4) is 11.1 Å². The van der Waals surface area contributed by atoms with E-state index in [0.717, 1.165) is 11.3 Å². The maximum Gasteiger partial charge on any atom is 0.409 e. The molecule has 0 bridgehead atoms. The SMILES string of the molecule is Cc1c(N)cc(C(=O)OC(C)(C)C)cc1N1CCN(C(=O)OCC2c3ccccc3-c3ccccc32)CC1. The van der Waals surface area contributed by atoms with Gasteiger partial charge in [-0.25, -0.2) is 9.59 Å². The van der Waals surface area contributed by atoms with Crippen LogP contribution in [0.3, 0.4) is 0 Å². The summed E-state index contributed by atoms with van der Waals surface area (Å²) < 4.78 is 11.4. The number of piperazine rings is 1. The van der Waals surface area contributed by atoms with Gasteiger partial charge in [0.1, 0.15) is 12.2 Å². The number of fused-ring (bicyclic) bond motifs is 3. The van der Waals surface area contributed by atoms with Gasteiger partial charge >= 0.3 is 12.1 Å². The number of ether oxygens (including phenoxy) is 2. The van der Waals surface area contributed by atoms with Crippen LogP contribution < -0.4 is 10.6 Å². The number of nitrogen functional groups attached to an aromatic ring is 1. The Morgan fingerprint density at radius 2 is 1.50 bits per heavy atom. The first-order chi connectivity index (χ1) is 18.1. The molecule has 1 aliphatic heterocycles. The minimum atomic E-state index is -0.592. The van der Waals surface area contributed by atoms with Crippen LogP contribution in [0.15, 0.2) is 60.7 Å². The first-order valence-corrected chi connectivity index (χ1v) is 13.1. The molecule has 2 N–H and O–H groups in total. The molecule has 198 valence electrons. The Hall–Kier alpha value is -4.00. The lowest BCUT2D eigenvalue weighted by Crippen LogP contribution is -2.49. The van der Waals surface area contributed by atoms with E-state index in [-0.39, 0.29) is 12.0 Å². The van der Waals surface area contributed by atoms with Gasteiger partial charge in [-0.2, -0.15) is 0 Å². The van der Waals surface area contributed by atoms with Crippen LogP contribution in [0.2, 0.25) is 0 Å². The predicted octanol–water partition coefficient (Wildman–Crippen LogP) is 5.60. The molecule has 0 radical (unpaired) electrons. The summed E-state index contributed by atoms with van der Waals surface area (Å²) in [4.78, 5) is 29.6. The van der Waals surface area contributed by atoms with Gasteiger partial charge in [-0.3, -0.25) is 0 Å². The molecule has 5 rings (SSSR count). The number of nitrogens with two attached hydrogens (primary N) is 1. The van der Waals surface area contributed by atoms with Crippen molar-refractivity contribution in [3.05, 3.63) is 82.9 Å². The molecule has 2 aliphatic rings. The lowest BCUT2D eigenvalue weighted by atomic mass is 9.98. The van der Waals surface area contributed by atoms with Crippen LogP contribution in [0.5, 0.6) is 0 Å². The molecule has 7 nitrogen and oxygen atoms in total. The number of nitrogens with zero attached hydrogens (tertiary/aromatic N) is 2. The number of carbonyl (C=O) groups is 2. The Morgan fingerprint density at radius 3 is 2.08 bits per heavy atom. The maximum atomic E-state index is 13.0. The van der Waals surface area contributed by atoms with Crippen molar-refractivity contribution in [2.24, 2.45) is 0 Å². The highest BCUT2D eigenvalue weighted by atomic mass is 16.6. The van der Waals surface area contributed by atoms with E-state index < -0.39 is 11.6 Å². The smallest absolute Gasteiger partial charge is 0.409 e. The highest BCUT2D eigenvalue weighted by Gasteiger charge is 2.31. The van der Waals surface area contributed by atoms with E-state index in [1.807, 2.05) is 58.0 Å². The van der Waals surface area contributed by atoms with Gasteiger partial charge in [0.2, 0.25) is 0 Å². The van der Waals surface area contributed by atoms with Gasteiger partial charge in [0, 0.05) is 43.5 Å². The number of benzene rings is 3. The van der Waals surface area contributed by atoms with Crippen LogP contribution in [0.1, 0.15) is 53.7 Å². The average Bonchev–Trinajstić information content (AvgIpc) is 3.21. The van der Waals surface area contributed by atoms with Crippen molar-refractivity contribution >= 4 is 23.4 Å². The van der Waals surface area contributed by atoms with Crippen LogP contribution >= 0.6 is 0 Å². The largest absolute Gasteiger partial charge is 0.456 e. The number of amides is 1. The Labute approximate surface area is 224 Å². The third-order valence-electron chi connectivity index (χ3n) is 7.27. The molecule has 7 heteroatoms. The minimum absolute atomic E-state index is 0.0360. The van der Waals surface area contributed by atoms with Gasteiger partial charge < -0.3 is 25.0 Å². The molecule has 1 fully saturated rings. The third kappa shape index (κ3) is 5.05. The van der Waals surface area contributed by atoms with Gasteiger partial charge in [-0.05, 0) is 67.6 Å². The number of rotatable bonds is 4. The van der Waals surface area contributed by atoms with Crippen LogP contribution in [-0.4, -0.2) is 55.3 Å². The zero-order valence-electron chi connectivity index (χ0n) is 22.5. The fourth-order valence-corrected chi connectivity index (χ4v) is 5.32. The van der Waals surface area contributed by atoms with E-state index in [1.165, 1.54) is 22.3 Å². The van der Waals surface area contributed by atoms with Gasteiger partial charge in [0.15, 0.2) is 0 Å². The second kappa shape index (κ2) is 10.0. The van der Waals surface area contributed by atoms with E-state index in [4.69, 9.17) is 15.2 Å². The van der Waals surface area contributed by atoms with Crippen molar-refractivity contribution in [2.75, 3.05) is 43.4 Å². The zero-order chi connectivity index (χ0) is 27.0. The molecule has 0 saturated carbocycles. The second-order valence-corrected chi connectivity index (χ2v) is 11.0. The zero-order valence-corrected chi connectivity index (χ0v) is 22.5. The molecular formula is C31H35N3O4. The quantitative estimate of drug-likeness (QED) is 0.361. The number of hydrogen-bond donors (Lipinski definition) is 1. The summed E-state index contributed by atoms with van der Waals surface area (Å²) >= 11 is 0. The summed E-state index contributed by atoms with van der Waals surface area (Å²) in [5.41, 5.74) is 13.2. The summed E-state index contributed by atoms with van der Waals surface area (Å²) in [6.45, 7) is 10.0. The van der Waals surface area contributed by atoms with E-state index in [1.54, 1.807) is 11.0 Å². The standard InChI is InChI=1S/C31H35N3O4/c1-20-27(32)17-21(29(35)38-31(2,3)4)18-28(20)33-13-15-34(16-14-33)30(36)37-19-26-24-11-7-5-9-22(24)23-10-6-8-12-25(23)26/h5-12,17-18,26H,13-16,19,32H2,1-4H3. The van der Waals surface area contributed by atoms with Crippen LogP contribution in [0.25, 0.3) is 11.1 Å². The highest BCUT2D eigenvalue weighted by molar-refractivity contribution is 5.93. The average molecular weight is 514 g/mol. The first kappa shape index (κ1) is 25.6. The number of esters is 1. The summed E-state index contributed by atoms with van der Waals surface area (Å²) in [6, 6.07) is 20.1. The Morgan fingerprint density at radius 1 is 0.921 bits per heavy atom. The van der Waals surface area contributed by atoms with Crippen molar-refractivity contribution in [1.82, 2.24) is 4.90 Å². The van der Waals surface area contributed by atoms with E-state index in [0.29, 0.717) is 44.0 Å². The maximum absolute atomic E-state index is 13.0. The Bertz CT molecular complexity index is 1320. The van der Waals surface area contributed by atoms with E-state index in [9.17, 15) is 9.59 Å².